The summed E-state index contributed by atoms with van der Waals surface area (Å²) in [5, 5.41) is 0. The lowest BCUT2D eigenvalue weighted by atomic mass is 10.2. The van der Waals surface area contributed by atoms with E-state index in [1.54, 1.807) is 0 Å². The number of nitrogens with zero attached hydrogens (tertiary/aromatic N) is 1. The van der Waals surface area contributed by atoms with Crippen molar-refractivity contribution in [1.29, 1.82) is 0 Å². The third-order valence-corrected chi connectivity index (χ3v) is 2.00. The molecule has 0 aliphatic heterocycles. The summed E-state index contributed by atoms with van der Waals surface area (Å²) in [5.41, 5.74) is 0. The van der Waals surface area contributed by atoms with Gasteiger partial charge >= 0.3 is 0 Å². The fourth-order valence-electron chi connectivity index (χ4n) is 0.869. The van der Waals surface area contributed by atoms with E-state index in [-0.39, 0.29) is 0 Å². The fraction of sp³-hybridized carbons (Fsp3) is 1.00. The molecule has 0 aliphatic carbocycles. The Morgan fingerprint density at radius 2 is 1.80 bits per heavy atom. The number of hydrogen-bond acceptors (Lipinski definition) is 1. The highest BCUT2D eigenvalue weighted by Crippen LogP contribution is 1.99. The lowest BCUT2D eigenvalue weighted by molar-refractivity contribution is 0.268. The van der Waals surface area contributed by atoms with Crippen molar-refractivity contribution >= 4 is 0 Å². The van der Waals surface area contributed by atoms with Crippen LogP contribution in [0, 0.1) is 0 Å². The highest BCUT2D eigenvalue weighted by molar-refractivity contribution is 4.55. The minimum atomic E-state index is 0.705. The van der Waals surface area contributed by atoms with Gasteiger partial charge in [0, 0.05) is 6.04 Å². The first kappa shape index (κ1) is 9.96. The number of hydrogen-bond donors (Lipinski definition) is 0. The topological polar surface area (TPSA) is 3.24 Å². The minimum absolute atomic E-state index is 0.705. The summed E-state index contributed by atoms with van der Waals surface area (Å²) in [6, 6.07) is 0.705. The van der Waals surface area contributed by atoms with Gasteiger partial charge in [0.05, 0.1) is 0 Å². The van der Waals surface area contributed by atoms with E-state index in [1.165, 1.54) is 25.8 Å². The van der Waals surface area contributed by atoms with Crippen LogP contribution in [0.15, 0.2) is 0 Å². The van der Waals surface area contributed by atoms with Crippen LogP contribution in [0.2, 0.25) is 0 Å². The zero-order chi connectivity index (χ0) is 7.98. The molecule has 0 atom stereocenters. The first-order chi connectivity index (χ1) is 4.68. The average Bonchev–Trinajstić information content (AvgIpc) is 1.88. The van der Waals surface area contributed by atoms with Gasteiger partial charge in [0.2, 0.25) is 0 Å². The molecular weight excluding hydrogens is 122 g/mol. The molecular formula is C9H21N. The van der Waals surface area contributed by atoms with Crippen LogP contribution in [0.4, 0.5) is 0 Å². The van der Waals surface area contributed by atoms with Crippen LogP contribution < -0.4 is 0 Å². The molecule has 0 unspecified atom stereocenters. The first-order valence-corrected chi connectivity index (χ1v) is 4.38. The summed E-state index contributed by atoms with van der Waals surface area (Å²) in [6.07, 6.45) is 4.05. The SMILES string of the molecule is CCCCCN(C)C(C)C. The van der Waals surface area contributed by atoms with Gasteiger partial charge in [0.1, 0.15) is 0 Å². The van der Waals surface area contributed by atoms with E-state index in [4.69, 9.17) is 0 Å². The second-order valence-electron chi connectivity index (χ2n) is 3.28. The molecule has 0 aliphatic rings. The van der Waals surface area contributed by atoms with E-state index in [0.717, 1.165) is 0 Å². The quantitative estimate of drug-likeness (QED) is 0.534. The molecule has 1 nitrogen and oxygen atoms in total. The molecule has 0 saturated heterocycles. The number of rotatable bonds is 5. The summed E-state index contributed by atoms with van der Waals surface area (Å²) in [5.74, 6) is 0. The molecule has 0 aromatic carbocycles. The smallest absolute Gasteiger partial charge is 0.00355 e. The Kier molecular flexibility index (Phi) is 5.70. The third kappa shape index (κ3) is 4.80. The van der Waals surface area contributed by atoms with Crippen LogP contribution >= 0.6 is 0 Å². The van der Waals surface area contributed by atoms with Crippen LogP contribution in [0.5, 0.6) is 0 Å². The van der Waals surface area contributed by atoms with E-state index >= 15 is 0 Å². The average molecular weight is 143 g/mol. The second-order valence-corrected chi connectivity index (χ2v) is 3.28. The molecule has 62 valence electrons. The van der Waals surface area contributed by atoms with Gasteiger partial charge in [-0.25, -0.2) is 0 Å². The van der Waals surface area contributed by atoms with Crippen molar-refractivity contribution in [1.82, 2.24) is 4.90 Å². The normalized spacial score (nSPS) is 11.4. The van der Waals surface area contributed by atoms with Crippen LogP contribution in [-0.4, -0.2) is 24.5 Å². The van der Waals surface area contributed by atoms with Gasteiger partial charge in [0.25, 0.3) is 0 Å². The van der Waals surface area contributed by atoms with Crippen molar-refractivity contribution in [2.24, 2.45) is 0 Å². The van der Waals surface area contributed by atoms with Crippen molar-refractivity contribution in [3.63, 3.8) is 0 Å². The van der Waals surface area contributed by atoms with Crippen molar-refractivity contribution in [3.8, 4) is 0 Å². The van der Waals surface area contributed by atoms with Gasteiger partial charge in [0.15, 0.2) is 0 Å². The van der Waals surface area contributed by atoms with Gasteiger partial charge in [-0.15, -0.1) is 0 Å². The van der Waals surface area contributed by atoms with Crippen LogP contribution in [-0.2, 0) is 0 Å². The van der Waals surface area contributed by atoms with E-state index in [2.05, 4.69) is 32.7 Å². The third-order valence-electron chi connectivity index (χ3n) is 2.00. The van der Waals surface area contributed by atoms with E-state index in [0.29, 0.717) is 6.04 Å². The van der Waals surface area contributed by atoms with Crippen molar-refractivity contribution < 1.29 is 0 Å². The molecule has 1 heteroatoms. The Bertz CT molecular complexity index is 69.1. The zero-order valence-electron chi connectivity index (χ0n) is 7.85. The molecule has 0 amide bonds. The molecule has 0 fully saturated rings. The molecule has 0 spiro atoms. The fourth-order valence-corrected chi connectivity index (χ4v) is 0.869. The maximum absolute atomic E-state index is 2.40. The Morgan fingerprint density at radius 1 is 1.20 bits per heavy atom. The zero-order valence-corrected chi connectivity index (χ0v) is 7.85. The molecule has 0 saturated carbocycles. The highest BCUT2D eigenvalue weighted by Gasteiger charge is 2.00. The van der Waals surface area contributed by atoms with Crippen LogP contribution in [0.1, 0.15) is 40.0 Å². The van der Waals surface area contributed by atoms with Crippen molar-refractivity contribution in [2.45, 2.75) is 46.1 Å². The van der Waals surface area contributed by atoms with Crippen LogP contribution in [0.3, 0.4) is 0 Å². The molecule has 0 aromatic heterocycles. The standard InChI is InChI=1S/C9H21N/c1-5-6-7-8-10(4)9(2)3/h9H,5-8H2,1-4H3. The Balaban J connectivity index is 3.13. The lowest BCUT2D eigenvalue weighted by Gasteiger charge is -2.20. The maximum atomic E-state index is 2.40. The summed E-state index contributed by atoms with van der Waals surface area (Å²) in [7, 11) is 2.19. The molecule has 0 N–H and O–H groups in total. The summed E-state index contributed by atoms with van der Waals surface area (Å²) in [4.78, 5) is 2.40. The van der Waals surface area contributed by atoms with E-state index in [9.17, 15) is 0 Å². The van der Waals surface area contributed by atoms with Crippen molar-refractivity contribution in [2.75, 3.05) is 13.6 Å². The summed E-state index contributed by atoms with van der Waals surface area (Å²) in [6.45, 7) is 7.98. The van der Waals surface area contributed by atoms with Crippen LogP contribution in [0.25, 0.3) is 0 Å². The van der Waals surface area contributed by atoms with E-state index in [1.807, 2.05) is 0 Å². The lowest BCUT2D eigenvalue weighted by Crippen LogP contribution is -2.27. The van der Waals surface area contributed by atoms with Gasteiger partial charge < -0.3 is 4.90 Å². The monoisotopic (exact) mass is 143 g/mol. The predicted molar refractivity (Wildman–Crippen MR) is 47.3 cm³/mol. The molecule has 0 aromatic rings. The van der Waals surface area contributed by atoms with E-state index < -0.39 is 0 Å². The molecule has 0 bridgehead atoms. The Hall–Kier alpha value is -0.0400. The Labute approximate surface area is 65.4 Å². The second kappa shape index (κ2) is 5.72. The largest absolute Gasteiger partial charge is 0.304 e. The first-order valence-electron chi connectivity index (χ1n) is 4.38. The molecule has 0 rings (SSSR count). The number of unbranched alkanes of at least 4 members (excludes halogenated alkanes) is 2. The summed E-state index contributed by atoms with van der Waals surface area (Å²) >= 11 is 0. The maximum Gasteiger partial charge on any atom is 0.00355 e. The molecule has 0 heterocycles. The summed E-state index contributed by atoms with van der Waals surface area (Å²) < 4.78 is 0. The highest BCUT2D eigenvalue weighted by atomic mass is 15.1. The minimum Gasteiger partial charge on any atom is -0.304 e. The van der Waals surface area contributed by atoms with Gasteiger partial charge in [-0.1, -0.05) is 19.8 Å². The molecule has 10 heavy (non-hydrogen) atoms. The van der Waals surface area contributed by atoms with Gasteiger partial charge in [-0.05, 0) is 33.9 Å². The van der Waals surface area contributed by atoms with Gasteiger partial charge in [-0.2, -0.15) is 0 Å². The van der Waals surface area contributed by atoms with Gasteiger partial charge in [-0.3, -0.25) is 0 Å². The Morgan fingerprint density at radius 3 is 2.20 bits per heavy atom. The molecule has 0 radical (unpaired) electrons. The van der Waals surface area contributed by atoms with Crippen molar-refractivity contribution in [3.05, 3.63) is 0 Å². The predicted octanol–water partition coefficient (Wildman–Crippen LogP) is 2.52.